The van der Waals surface area contributed by atoms with Crippen molar-refractivity contribution in [3.8, 4) is 0 Å². The molecule has 1 saturated heterocycles. The molecule has 0 saturated carbocycles. The number of hydrogen-bond donors (Lipinski definition) is 1. The molecular formula is C9H7BrN2O2. The highest BCUT2D eigenvalue weighted by Crippen LogP contribution is 2.19. The van der Waals surface area contributed by atoms with Crippen LogP contribution in [0, 0.1) is 0 Å². The van der Waals surface area contributed by atoms with Gasteiger partial charge in [-0.3, -0.25) is 15.0 Å². The maximum absolute atomic E-state index is 11.3. The Morgan fingerprint density at radius 2 is 1.86 bits per heavy atom. The molecule has 1 heterocycles. The number of hydrazine groups is 1. The maximum atomic E-state index is 11.3. The van der Waals surface area contributed by atoms with E-state index >= 15 is 0 Å². The van der Waals surface area contributed by atoms with Gasteiger partial charge in [-0.2, -0.15) is 0 Å². The Balaban J connectivity index is 2.27. The molecule has 1 aliphatic rings. The van der Waals surface area contributed by atoms with Gasteiger partial charge in [0, 0.05) is 4.47 Å². The first kappa shape index (κ1) is 9.21. The van der Waals surface area contributed by atoms with E-state index < -0.39 is 0 Å². The van der Waals surface area contributed by atoms with Gasteiger partial charge in [-0.15, -0.1) is 0 Å². The first-order valence-electron chi connectivity index (χ1n) is 4.05. The number of amides is 2. The molecule has 1 fully saturated rings. The van der Waals surface area contributed by atoms with E-state index in [-0.39, 0.29) is 18.2 Å². The first-order valence-corrected chi connectivity index (χ1v) is 4.84. The Bertz CT molecular complexity index is 388. The van der Waals surface area contributed by atoms with Crippen LogP contribution in [0.2, 0.25) is 0 Å². The molecule has 0 aromatic heterocycles. The van der Waals surface area contributed by atoms with Gasteiger partial charge in [0.25, 0.3) is 5.91 Å². The average Bonchev–Trinajstić information content (AvgIpc) is 2.47. The van der Waals surface area contributed by atoms with Crippen LogP contribution in [0.1, 0.15) is 6.42 Å². The van der Waals surface area contributed by atoms with Crippen molar-refractivity contribution in [2.24, 2.45) is 0 Å². The molecule has 0 atom stereocenters. The minimum Gasteiger partial charge on any atom is -0.273 e. The number of nitrogens with zero attached hydrogens (tertiary/aromatic N) is 1. The Morgan fingerprint density at radius 1 is 1.21 bits per heavy atom. The molecule has 14 heavy (non-hydrogen) atoms. The Hall–Kier alpha value is -1.36. The number of carbonyl (C=O) groups excluding carboxylic acids is 2. The van der Waals surface area contributed by atoms with Crippen molar-refractivity contribution in [2.75, 3.05) is 5.01 Å². The van der Waals surface area contributed by atoms with E-state index in [0.717, 1.165) is 4.47 Å². The fourth-order valence-electron chi connectivity index (χ4n) is 1.24. The number of halogens is 1. The number of hydrogen-bond acceptors (Lipinski definition) is 2. The molecule has 72 valence electrons. The zero-order chi connectivity index (χ0) is 10.1. The van der Waals surface area contributed by atoms with Crippen molar-refractivity contribution < 1.29 is 9.59 Å². The van der Waals surface area contributed by atoms with Crippen LogP contribution in [0.5, 0.6) is 0 Å². The van der Waals surface area contributed by atoms with Crippen molar-refractivity contribution in [3.05, 3.63) is 28.7 Å². The largest absolute Gasteiger partial charge is 0.273 e. The SMILES string of the molecule is O=C1CC(=O)N(c2ccc(Br)cc2)N1. The number of anilines is 1. The molecule has 0 bridgehead atoms. The van der Waals surface area contributed by atoms with Crippen molar-refractivity contribution in [3.63, 3.8) is 0 Å². The van der Waals surface area contributed by atoms with Gasteiger partial charge in [0.15, 0.2) is 0 Å². The minimum absolute atomic E-state index is 0.0733. The predicted octanol–water partition coefficient (Wildman–Crippen LogP) is 1.22. The van der Waals surface area contributed by atoms with Crippen molar-refractivity contribution in [1.29, 1.82) is 0 Å². The maximum Gasteiger partial charge on any atom is 0.255 e. The lowest BCUT2D eigenvalue weighted by Gasteiger charge is -2.14. The highest BCUT2D eigenvalue weighted by molar-refractivity contribution is 9.10. The molecule has 1 aromatic rings. The van der Waals surface area contributed by atoms with Crippen LogP contribution in [0.15, 0.2) is 28.7 Å². The Kier molecular flexibility index (Phi) is 2.25. The third kappa shape index (κ3) is 1.63. The average molecular weight is 255 g/mol. The van der Waals surface area contributed by atoms with E-state index in [1.165, 1.54) is 5.01 Å². The normalized spacial score (nSPS) is 15.9. The second-order valence-corrected chi connectivity index (χ2v) is 3.83. The second kappa shape index (κ2) is 3.42. The summed E-state index contributed by atoms with van der Waals surface area (Å²) in [7, 11) is 0. The molecule has 1 N–H and O–H groups in total. The summed E-state index contributed by atoms with van der Waals surface area (Å²) in [6.07, 6.45) is -0.0733. The van der Waals surface area contributed by atoms with Crippen LogP contribution in [-0.4, -0.2) is 11.8 Å². The van der Waals surface area contributed by atoms with Gasteiger partial charge < -0.3 is 0 Å². The monoisotopic (exact) mass is 254 g/mol. The van der Waals surface area contributed by atoms with Crippen LogP contribution >= 0.6 is 15.9 Å². The second-order valence-electron chi connectivity index (χ2n) is 2.92. The first-order chi connectivity index (χ1) is 6.66. The summed E-state index contributed by atoms with van der Waals surface area (Å²) in [4.78, 5) is 22.2. The highest BCUT2D eigenvalue weighted by Gasteiger charge is 2.27. The quantitative estimate of drug-likeness (QED) is 0.767. The van der Waals surface area contributed by atoms with E-state index in [0.29, 0.717) is 5.69 Å². The summed E-state index contributed by atoms with van der Waals surface area (Å²) in [6, 6.07) is 7.14. The van der Waals surface area contributed by atoms with Crippen LogP contribution in [0.3, 0.4) is 0 Å². The summed E-state index contributed by atoms with van der Waals surface area (Å²) < 4.78 is 0.930. The molecule has 1 aromatic carbocycles. The fraction of sp³-hybridized carbons (Fsp3) is 0.111. The van der Waals surface area contributed by atoms with E-state index in [9.17, 15) is 9.59 Å². The smallest absolute Gasteiger partial charge is 0.255 e. The van der Waals surface area contributed by atoms with Gasteiger partial charge >= 0.3 is 0 Å². The van der Waals surface area contributed by atoms with Gasteiger partial charge in [-0.05, 0) is 24.3 Å². The van der Waals surface area contributed by atoms with Crippen LogP contribution in [0.25, 0.3) is 0 Å². The van der Waals surface area contributed by atoms with Crippen molar-refractivity contribution >= 4 is 33.4 Å². The van der Waals surface area contributed by atoms with Crippen molar-refractivity contribution in [2.45, 2.75) is 6.42 Å². The molecule has 0 aliphatic carbocycles. The fourth-order valence-corrected chi connectivity index (χ4v) is 1.51. The topological polar surface area (TPSA) is 49.4 Å². The van der Waals surface area contributed by atoms with Crippen LogP contribution < -0.4 is 10.4 Å². The number of carbonyl (C=O) groups is 2. The molecular weight excluding hydrogens is 248 g/mol. The van der Waals surface area contributed by atoms with Crippen LogP contribution in [0.4, 0.5) is 5.69 Å². The summed E-state index contributed by atoms with van der Waals surface area (Å²) in [6.45, 7) is 0. The number of benzene rings is 1. The number of rotatable bonds is 1. The minimum atomic E-state index is -0.266. The molecule has 5 heteroatoms. The summed E-state index contributed by atoms with van der Waals surface area (Å²) >= 11 is 3.29. The number of nitrogens with one attached hydrogen (secondary N) is 1. The van der Waals surface area contributed by atoms with E-state index in [4.69, 9.17) is 0 Å². The Morgan fingerprint density at radius 3 is 2.36 bits per heavy atom. The summed E-state index contributed by atoms with van der Waals surface area (Å²) in [5.74, 6) is -0.491. The molecule has 1 aliphatic heterocycles. The van der Waals surface area contributed by atoms with E-state index in [1.807, 2.05) is 12.1 Å². The lowest BCUT2D eigenvalue weighted by Crippen LogP contribution is -2.35. The van der Waals surface area contributed by atoms with Gasteiger partial charge in [-0.1, -0.05) is 15.9 Å². The molecule has 4 nitrogen and oxygen atoms in total. The third-order valence-electron chi connectivity index (χ3n) is 1.88. The van der Waals surface area contributed by atoms with Gasteiger partial charge in [-0.25, -0.2) is 5.01 Å². The zero-order valence-corrected chi connectivity index (χ0v) is 8.74. The standard InChI is InChI=1S/C9H7BrN2O2/c10-6-1-3-7(4-2-6)12-9(14)5-8(13)11-12/h1-4H,5H2,(H,11,13). The summed E-state index contributed by atoms with van der Waals surface area (Å²) in [5.41, 5.74) is 3.14. The lowest BCUT2D eigenvalue weighted by molar-refractivity contribution is -0.122. The zero-order valence-electron chi connectivity index (χ0n) is 7.16. The van der Waals surface area contributed by atoms with Crippen molar-refractivity contribution in [1.82, 2.24) is 5.43 Å². The molecule has 0 unspecified atom stereocenters. The molecule has 2 amide bonds. The molecule has 0 radical (unpaired) electrons. The van der Waals surface area contributed by atoms with Gasteiger partial charge in [0.2, 0.25) is 5.91 Å². The highest BCUT2D eigenvalue weighted by atomic mass is 79.9. The predicted molar refractivity (Wildman–Crippen MR) is 54.4 cm³/mol. The van der Waals surface area contributed by atoms with Crippen LogP contribution in [-0.2, 0) is 9.59 Å². The lowest BCUT2D eigenvalue weighted by atomic mass is 10.3. The van der Waals surface area contributed by atoms with E-state index in [2.05, 4.69) is 21.4 Å². The molecule has 2 rings (SSSR count). The molecule has 0 spiro atoms. The van der Waals surface area contributed by atoms with E-state index in [1.54, 1.807) is 12.1 Å². The third-order valence-corrected chi connectivity index (χ3v) is 2.41. The van der Waals surface area contributed by atoms with Gasteiger partial charge in [0.1, 0.15) is 6.42 Å². The Labute approximate surface area is 89.0 Å². The summed E-state index contributed by atoms with van der Waals surface area (Å²) in [5, 5.41) is 1.26. The van der Waals surface area contributed by atoms with Gasteiger partial charge in [0.05, 0.1) is 5.69 Å².